The number of hydrogen-bond acceptors (Lipinski definition) is 4. The summed E-state index contributed by atoms with van der Waals surface area (Å²) in [5.74, 6) is 0. The first kappa shape index (κ1) is 39.2. The maximum Gasteiger partial charge on any atom is 0.159 e. The molecule has 0 spiro atoms. The Bertz CT molecular complexity index is 4590. The van der Waals surface area contributed by atoms with Gasteiger partial charge in [0.25, 0.3) is 0 Å². The first-order chi connectivity index (χ1) is 35.7. The number of anilines is 6. The van der Waals surface area contributed by atoms with Crippen LogP contribution in [0.5, 0.6) is 0 Å². The van der Waals surface area contributed by atoms with Crippen LogP contribution in [0.25, 0.3) is 119 Å². The molecular weight excluding hydrogens is 877 g/mol. The molecule has 2 aromatic heterocycles. The minimum atomic E-state index is 0.850. The van der Waals surface area contributed by atoms with E-state index in [0.717, 1.165) is 99.5 Å². The van der Waals surface area contributed by atoms with Gasteiger partial charge in [0.05, 0.1) is 34.1 Å². The fourth-order valence-electron chi connectivity index (χ4n) is 12.2. The van der Waals surface area contributed by atoms with E-state index in [0.29, 0.717) is 0 Å². The second-order valence-electron chi connectivity index (χ2n) is 19.1. The molecule has 0 atom stereocenters. The highest BCUT2D eigenvalue weighted by Gasteiger charge is 2.27. The van der Waals surface area contributed by atoms with Gasteiger partial charge in [-0.15, -0.1) is 0 Å². The number of rotatable bonds is 6. The zero-order valence-electron chi connectivity index (χ0n) is 38.8. The Hall–Kier alpha value is -9.64. The summed E-state index contributed by atoms with van der Waals surface area (Å²) in [4.78, 5) is 4.88. The first-order valence-electron chi connectivity index (χ1n) is 24.7. The molecule has 0 saturated heterocycles. The third-order valence-corrected chi connectivity index (χ3v) is 15.3. The van der Waals surface area contributed by atoms with Crippen molar-refractivity contribution in [3.05, 3.63) is 243 Å². The SMILES string of the molecule is c1ccc2c(N(c3ccc4ccc5c(N(c6cccc7ccccc67)c6cccc7c6oc6ccc8ccccc8c67)ccc6ccc3c4c65)c3cccc4c3oc3ccc5ccccc5c34)cccc2c1. The molecule has 0 aliphatic heterocycles. The first-order valence-corrected chi connectivity index (χ1v) is 24.7. The molecule has 0 saturated carbocycles. The highest BCUT2D eigenvalue weighted by molar-refractivity contribution is 6.30. The van der Waals surface area contributed by atoms with Crippen LogP contribution in [0.3, 0.4) is 0 Å². The number of nitrogens with zero attached hydrogens (tertiary/aromatic N) is 2. The Morgan fingerprint density at radius 2 is 0.514 bits per heavy atom. The van der Waals surface area contributed by atoms with E-state index in [-0.39, 0.29) is 0 Å². The summed E-state index contributed by atoms with van der Waals surface area (Å²) in [7, 11) is 0. The second kappa shape index (κ2) is 14.9. The van der Waals surface area contributed by atoms with E-state index in [1.165, 1.54) is 53.9 Å². The molecule has 0 N–H and O–H groups in total. The van der Waals surface area contributed by atoms with Crippen molar-refractivity contribution in [2.24, 2.45) is 0 Å². The van der Waals surface area contributed by atoms with Crippen LogP contribution in [-0.2, 0) is 0 Å². The summed E-state index contributed by atoms with van der Waals surface area (Å²) in [6.45, 7) is 0. The fraction of sp³-hybridized carbons (Fsp3) is 0. The van der Waals surface area contributed by atoms with E-state index in [2.05, 4.69) is 252 Å². The number of hydrogen-bond donors (Lipinski definition) is 0. The topological polar surface area (TPSA) is 32.8 Å². The molecule has 4 nitrogen and oxygen atoms in total. The number of benzene rings is 14. The largest absolute Gasteiger partial charge is 0.454 e. The Labute approximate surface area is 412 Å². The van der Waals surface area contributed by atoms with Gasteiger partial charge in [0, 0.05) is 43.1 Å². The molecule has 0 radical (unpaired) electrons. The van der Waals surface area contributed by atoms with Gasteiger partial charge >= 0.3 is 0 Å². The average molecular weight is 917 g/mol. The molecule has 2 heterocycles. The number of para-hydroxylation sites is 2. The van der Waals surface area contributed by atoms with Gasteiger partial charge in [-0.3, -0.25) is 0 Å². The van der Waals surface area contributed by atoms with Crippen LogP contribution >= 0.6 is 0 Å². The lowest BCUT2D eigenvalue weighted by Gasteiger charge is -2.30. The van der Waals surface area contributed by atoms with Crippen molar-refractivity contribution in [1.82, 2.24) is 0 Å². The monoisotopic (exact) mass is 916 g/mol. The zero-order chi connectivity index (χ0) is 47.0. The second-order valence-corrected chi connectivity index (χ2v) is 19.1. The van der Waals surface area contributed by atoms with Crippen molar-refractivity contribution in [2.75, 3.05) is 9.80 Å². The summed E-state index contributed by atoms with van der Waals surface area (Å²) >= 11 is 0. The molecule has 0 fully saturated rings. The molecule has 0 unspecified atom stereocenters. The molecule has 14 aromatic carbocycles. The van der Waals surface area contributed by atoms with Gasteiger partial charge in [-0.25, -0.2) is 0 Å². The van der Waals surface area contributed by atoms with E-state index in [1.807, 2.05) is 0 Å². The third kappa shape index (κ3) is 5.52. The van der Waals surface area contributed by atoms with Crippen molar-refractivity contribution in [2.45, 2.75) is 0 Å². The normalized spacial score (nSPS) is 12.2. The summed E-state index contributed by atoms with van der Waals surface area (Å²) in [6.07, 6.45) is 0. The Morgan fingerprint density at radius 1 is 0.194 bits per heavy atom. The zero-order valence-corrected chi connectivity index (χ0v) is 38.8. The molecule has 4 heteroatoms. The lowest BCUT2D eigenvalue weighted by molar-refractivity contribution is 0.669. The van der Waals surface area contributed by atoms with E-state index >= 15 is 0 Å². The molecule has 0 aliphatic carbocycles. The van der Waals surface area contributed by atoms with Crippen molar-refractivity contribution < 1.29 is 8.83 Å². The Kier molecular flexibility index (Phi) is 8.14. The third-order valence-electron chi connectivity index (χ3n) is 15.3. The van der Waals surface area contributed by atoms with Crippen molar-refractivity contribution >= 4 is 153 Å². The van der Waals surface area contributed by atoms with Crippen LogP contribution in [0.2, 0.25) is 0 Å². The summed E-state index contributed by atoms with van der Waals surface area (Å²) in [6, 6.07) is 88.1. The van der Waals surface area contributed by atoms with Gasteiger partial charge in [-0.05, 0) is 102 Å². The van der Waals surface area contributed by atoms with Crippen LogP contribution in [-0.4, -0.2) is 0 Å². The van der Waals surface area contributed by atoms with Gasteiger partial charge in [0.2, 0.25) is 0 Å². The van der Waals surface area contributed by atoms with Crippen LogP contribution < -0.4 is 9.80 Å². The van der Waals surface area contributed by atoms with Gasteiger partial charge < -0.3 is 18.6 Å². The van der Waals surface area contributed by atoms with Crippen molar-refractivity contribution in [1.29, 1.82) is 0 Å². The molecule has 72 heavy (non-hydrogen) atoms. The maximum atomic E-state index is 7.03. The highest BCUT2D eigenvalue weighted by Crippen LogP contribution is 2.52. The molecular formula is C68H40N2O2. The van der Waals surface area contributed by atoms with Crippen LogP contribution in [0, 0.1) is 0 Å². The summed E-state index contributed by atoms with van der Waals surface area (Å²) < 4.78 is 14.1. The minimum Gasteiger partial charge on any atom is -0.454 e. The van der Waals surface area contributed by atoms with Crippen LogP contribution in [0.15, 0.2) is 251 Å². The predicted octanol–water partition coefficient (Wildman–Crippen LogP) is 19.9. The van der Waals surface area contributed by atoms with Gasteiger partial charge in [-0.1, -0.05) is 194 Å². The van der Waals surface area contributed by atoms with E-state index in [9.17, 15) is 0 Å². The molecule has 0 bridgehead atoms. The van der Waals surface area contributed by atoms with Crippen molar-refractivity contribution in [3.63, 3.8) is 0 Å². The van der Waals surface area contributed by atoms with E-state index in [4.69, 9.17) is 8.83 Å². The molecule has 0 amide bonds. The predicted molar refractivity (Wildman–Crippen MR) is 304 cm³/mol. The molecule has 0 aliphatic rings. The van der Waals surface area contributed by atoms with E-state index in [1.54, 1.807) is 0 Å². The summed E-state index contributed by atoms with van der Waals surface area (Å²) in [5.41, 5.74) is 9.71. The molecule has 16 aromatic rings. The highest BCUT2D eigenvalue weighted by atomic mass is 16.3. The van der Waals surface area contributed by atoms with E-state index < -0.39 is 0 Å². The van der Waals surface area contributed by atoms with Gasteiger partial charge in [0.15, 0.2) is 11.2 Å². The Balaban J connectivity index is 0.984. The molecule has 334 valence electrons. The lowest BCUT2D eigenvalue weighted by Crippen LogP contribution is -2.12. The number of fused-ring (bicyclic) bond motifs is 12. The Morgan fingerprint density at radius 3 is 0.972 bits per heavy atom. The van der Waals surface area contributed by atoms with Crippen LogP contribution in [0.4, 0.5) is 34.1 Å². The quantitative estimate of drug-likeness (QED) is 0.156. The summed E-state index contributed by atoms with van der Waals surface area (Å²) in [5, 5.41) is 20.9. The molecule has 16 rings (SSSR count). The van der Waals surface area contributed by atoms with Gasteiger partial charge in [-0.2, -0.15) is 0 Å². The smallest absolute Gasteiger partial charge is 0.159 e. The van der Waals surface area contributed by atoms with Crippen molar-refractivity contribution in [3.8, 4) is 0 Å². The minimum absolute atomic E-state index is 0.850. The van der Waals surface area contributed by atoms with Gasteiger partial charge in [0.1, 0.15) is 11.2 Å². The lowest BCUT2D eigenvalue weighted by atomic mass is 9.91. The van der Waals surface area contributed by atoms with Crippen LogP contribution in [0.1, 0.15) is 0 Å². The average Bonchev–Trinajstić information content (AvgIpc) is 4.03. The standard InChI is InChI=1S/C68H40N2O2/c1-5-19-47-41(13-1)17-9-25-55(47)69(59-27-11-23-53-65-49-21-7-3-15-43(49)33-39-61(65)71-67(53)59)57-37-31-45-30-36-52-58(38-32-46-29-35-51(57)63(45)64(46)52)70(56-26-10-18-42-14-2-6-20-48(42)56)60-28-12-24-54-66-50-22-8-4-16-44(50)34-40-62(66)72-68(54)60/h1-40H. The number of furan rings is 2. The fourth-order valence-corrected chi connectivity index (χ4v) is 12.2. The maximum absolute atomic E-state index is 7.03.